The number of imidazole rings is 1. The summed E-state index contributed by atoms with van der Waals surface area (Å²) in [6.45, 7) is 15.4. The highest BCUT2D eigenvalue weighted by atomic mass is 16.7. The van der Waals surface area contributed by atoms with Crippen molar-refractivity contribution in [3.63, 3.8) is 0 Å². The van der Waals surface area contributed by atoms with Gasteiger partial charge in [-0.05, 0) is 66.1 Å². The molecule has 1 unspecified atom stereocenters. The Hall–Kier alpha value is -3.26. The lowest BCUT2D eigenvalue weighted by molar-refractivity contribution is -0.297. The number of allylic oxidation sites excluding steroid dienone is 1. The zero-order valence-corrected chi connectivity index (χ0v) is 32.5. The number of ether oxygens (including phenoxy) is 5. The number of ketones is 2. The Labute approximate surface area is 302 Å². The van der Waals surface area contributed by atoms with Crippen LogP contribution in [-0.4, -0.2) is 107 Å². The molecule has 1 aromatic rings. The fraction of sp³-hybridized carbons (Fsp3) is 0.737. The van der Waals surface area contributed by atoms with Gasteiger partial charge in [0.1, 0.15) is 18.3 Å². The minimum absolute atomic E-state index is 0.0814. The first-order valence-electron chi connectivity index (χ1n) is 18.0. The summed E-state index contributed by atoms with van der Waals surface area (Å²) in [6.07, 6.45) is 3.43. The molecule has 2 aliphatic heterocycles. The van der Waals surface area contributed by atoms with E-state index in [0.717, 1.165) is 0 Å². The maximum absolute atomic E-state index is 14.3. The number of hydrogen-bond donors (Lipinski definition) is 0. The summed E-state index contributed by atoms with van der Waals surface area (Å²) < 4.78 is 32.4. The summed E-state index contributed by atoms with van der Waals surface area (Å²) in [5.74, 6) is -4.97. The van der Waals surface area contributed by atoms with Crippen molar-refractivity contribution < 1.29 is 47.7 Å². The number of cyclic esters (lactones) is 1. The van der Waals surface area contributed by atoms with Gasteiger partial charge in [-0.1, -0.05) is 40.7 Å². The van der Waals surface area contributed by atoms with E-state index in [1.54, 1.807) is 40.0 Å². The number of likely N-dealkylation sites (N-methyl/N-ethyl adjacent to an activating group) is 1. The van der Waals surface area contributed by atoms with Crippen LogP contribution >= 0.6 is 0 Å². The standard InChI is InChI=1S/C38H59N3O10/c1-13-27-19-37(8,20-30(43)41-16-15-39-21-41)29(14-2)50-35(46)25(6)32(45)24(5)34(38(9,47-12)18-22(3)31(27)44)51-36-33(49-26(7)42)28(40(10)11)17-23(4)48-36/h15-16,19,21-25,28-29,33-34,36H,13-14,17-18,20H2,1-12H3/b27-19+/t22-,23-,24+,25-,28+,29-,33-,34-,36?,37-,38+/m1/s1. The van der Waals surface area contributed by atoms with Gasteiger partial charge in [-0.3, -0.25) is 28.5 Å². The van der Waals surface area contributed by atoms with E-state index in [-0.39, 0.29) is 36.7 Å². The quantitative estimate of drug-likeness (QED) is 0.254. The summed E-state index contributed by atoms with van der Waals surface area (Å²) >= 11 is 0. The number of rotatable bonds is 9. The van der Waals surface area contributed by atoms with Gasteiger partial charge in [-0.25, -0.2) is 4.98 Å². The number of carbonyl (C=O) groups is 5. The Bertz CT molecular complexity index is 1430. The van der Waals surface area contributed by atoms with Gasteiger partial charge >= 0.3 is 11.9 Å². The summed E-state index contributed by atoms with van der Waals surface area (Å²) in [7, 11) is 5.25. The van der Waals surface area contributed by atoms with Crippen LogP contribution in [0.15, 0.2) is 30.4 Å². The molecule has 3 heterocycles. The normalized spacial score (nSPS) is 36.9. The zero-order chi connectivity index (χ0) is 38.4. The predicted octanol–water partition coefficient (Wildman–Crippen LogP) is 4.82. The predicted molar refractivity (Wildman–Crippen MR) is 189 cm³/mol. The topological polar surface area (TPSA) is 153 Å². The van der Waals surface area contributed by atoms with E-state index in [4.69, 9.17) is 23.7 Å². The molecule has 11 atom stereocenters. The van der Waals surface area contributed by atoms with Crippen molar-refractivity contribution in [2.45, 2.75) is 137 Å². The van der Waals surface area contributed by atoms with Crippen molar-refractivity contribution in [1.29, 1.82) is 0 Å². The van der Waals surface area contributed by atoms with Crippen molar-refractivity contribution >= 4 is 29.4 Å². The molecule has 13 nitrogen and oxygen atoms in total. The molecule has 51 heavy (non-hydrogen) atoms. The van der Waals surface area contributed by atoms with Gasteiger partial charge < -0.3 is 28.6 Å². The van der Waals surface area contributed by atoms with Gasteiger partial charge in [0.05, 0.1) is 23.9 Å². The van der Waals surface area contributed by atoms with Gasteiger partial charge in [0.15, 0.2) is 24.0 Å². The zero-order valence-electron chi connectivity index (χ0n) is 32.5. The number of methoxy groups -OCH3 is 1. The number of aromatic nitrogens is 2. The van der Waals surface area contributed by atoms with Crippen LogP contribution in [0.4, 0.5) is 0 Å². The Morgan fingerprint density at radius 1 is 1.10 bits per heavy atom. The molecule has 1 aromatic heterocycles. The van der Waals surface area contributed by atoms with Crippen molar-refractivity contribution in [2.75, 3.05) is 21.2 Å². The first-order chi connectivity index (χ1) is 23.8. The molecule has 0 aliphatic carbocycles. The second-order valence-corrected chi connectivity index (χ2v) is 15.0. The smallest absolute Gasteiger partial charge is 0.316 e. The Morgan fingerprint density at radius 3 is 2.29 bits per heavy atom. The average molecular weight is 718 g/mol. The van der Waals surface area contributed by atoms with Gasteiger partial charge in [-0.15, -0.1) is 0 Å². The first-order valence-corrected chi connectivity index (χ1v) is 18.0. The lowest BCUT2D eigenvalue weighted by Crippen LogP contribution is -2.60. The number of esters is 2. The van der Waals surface area contributed by atoms with E-state index in [1.807, 2.05) is 39.8 Å². The summed E-state index contributed by atoms with van der Waals surface area (Å²) in [5.41, 5.74) is -1.87. The van der Waals surface area contributed by atoms with E-state index in [1.165, 1.54) is 38.0 Å². The Balaban J connectivity index is 2.17. The lowest BCUT2D eigenvalue weighted by Gasteiger charge is -2.47. The molecule has 3 rings (SSSR count). The van der Waals surface area contributed by atoms with Gasteiger partial charge in [0, 0.05) is 50.1 Å². The highest BCUT2D eigenvalue weighted by molar-refractivity contribution is 6.00. The summed E-state index contributed by atoms with van der Waals surface area (Å²) in [4.78, 5) is 74.1. The maximum Gasteiger partial charge on any atom is 0.316 e. The van der Waals surface area contributed by atoms with Crippen LogP contribution < -0.4 is 0 Å². The number of nitrogens with zero attached hydrogens (tertiary/aromatic N) is 3. The molecule has 286 valence electrons. The van der Waals surface area contributed by atoms with Crippen LogP contribution in [0.25, 0.3) is 0 Å². The highest BCUT2D eigenvalue weighted by Crippen LogP contribution is 2.40. The summed E-state index contributed by atoms with van der Waals surface area (Å²) in [6, 6.07) is -0.256. The van der Waals surface area contributed by atoms with Crippen molar-refractivity contribution in [3.05, 3.63) is 30.4 Å². The minimum atomic E-state index is -1.26. The van der Waals surface area contributed by atoms with E-state index >= 15 is 0 Å². The molecule has 0 aromatic carbocycles. The largest absolute Gasteiger partial charge is 0.461 e. The van der Waals surface area contributed by atoms with E-state index < -0.39 is 71.1 Å². The fourth-order valence-electron chi connectivity index (χ4n) is 7.64. The third-order valence-corrected chi connectivity index (χ3v) is 10.6. The van der Waals surface area contributed by atoms with Crippen LogP contribution in [-0.2, 0) is 42.9 Å². The van der Waals surface area contributed by atoms with E-state index in [2.05, 4.69) is 4.98 Å². The van der Waals surface area contributed by atoms with Crippen LogP contribution in [0, 0.1) is 23.2 Å². The molecule has 2 aliphatic rings. The molecule has 0 amide bonds. The fourth-order valence-corrected chi connectivity index (χ4v) is 7.64. The Kier molecular flexibility index (Phi) is 14.5. The van der Waals surface area contributed by atoms with Crippen LogP contribution in [0.5, 0.6) is 0 Å². The Morgan fingerprint density at radius 2 is 1.76 bits per heavy atom. The molecular weight excluding hydrogens is 658 g/mol. The third-order valence-electron chi connectivity index (χ3n) is 10.6. The number of carbonyl (C=O) groups excluding carboxylic acids is 5. The van der Waals surface area contributed by atoms with E-state index in [9.17, 15) is 24.0 Å². The SMILES string of the molecule is CC/C1=C\[C@](C)(CC(=O)n2ccnc2)[C@@H](CC)OC(=O)[C@H](C)C(=O)[C@H](C)[C@@H](OC2O[C@H](C)C[C@H](N(C)C)[C@H]2OC(C)=O)[C@@](C)(OC)C[C@@H](C)C1=O. The van der Waals surface area contributed by atoms with Crippen LogP contribution in [0.1, 0.15) is 99.2 Å². The van der Waals surface area contributed by atoms with Crippen molar-refractivity contribution in [2.24, 2.45) is 23.2 Å². The monoisotopic (exact) mass is 717 g/mol. The second-order valence-electron chi connectivity index (χ2n) is 15.0. The molecule has 0 bridgehead atoms. The van der Waals surface area contributed by atoms with Crippen molar-refractivity contribution in [1.82, 2.24) is 14.5 Å². The molecule has 0 radical (unpaired) electrons. The molecule has 0 spiro atoms. The molecule has 1 fully saturated rings. The lowest BCUT2D eigenvalue weighted by atomic mass is 9.74. The number of hydrogen-bond acceptors (Lipinski definition) is 12. The van der Waals surface area contributed by atoms with Crippen molar-refractivity contribution in [3.8, 4) is 0 Å². The highest BCUT2D eigenvalue weighted by Gasteiger charge is 2.51. The number of Topliss-reactive ketones (excluding diaryl/α,β-unsaturated/α-hetero) is 2. The van der Waals surface area contributed by atoms with Gasteiger partial charge in [-0.2, -0.15) is 0 Å². The molecule has 0 saturated carbocycles. The minimum Gasteiger partial charge on any atom is -0.461 e. The molecule has 1 saturated heterocycles. The first kappa shape index (κ1) is 42.2. The van der Waals surface area contributed by atoms with Crippen LogP contribution in [0.3, 0.4) is 0 Å². The van der Waals surface area contributed by atoms with Gasteiger partial charge in [0.25, 0.3) is 0 Å². The van der Waals surface area contributed by atoms with Gasteiger partial charge in [0.2, 0.25) is 5.91 Å². The molecular formula is C38H59N3O10. The van der Waals surface area contributed by atoms with Crippen LogP contribution in [0.2, 0.25) is 0 Å². The maximum atomic E-state index is 14.3. The average Bonchev–Trinajstić information content (AvgIpc) is 3.62. The second kappa shape index (κ2) is 17.5. The molecule has 0 N–H and O–H groups in total. The third kappa shape index (κ3) is 9.79. The van der Waals surface area contributed by atoms with E-state index in [0.29, 0.717) is 24.8 Å². The molecule has 13 heteroatoms. The summed E-state index contributed by atoms with van der Waals surface area (Å²) in [5, 5.41) is 0.